The zero-order valence-electron chi connectivity index (χ0n) is 17.9. The van der Waals surface area contributed by atoms with Crippen LogP contribution in [0.5, 0.6) is 0 Å². The van der Waals surface area contributed by atoms with Crippen LogP contribution in [0.1, 0.15) is 41.7 Å². The van der Waals surface area contributed by atoms with Crippen molar-refractivity contribution in [1.82, 2.24) is 14.9 Å². The minimum Gasteiger partial charge on any atom is -0.361 e. The highest BCUT2D eigenvalue weighted by Gasteiger charge is 2.02. The van der Waals surface area contributed by atoms with E-state index in [1.807, 2.05) is 58.2 Å². The fourth-order valence-corrected chi connectivity index (χ4v) is 2.72. The van der Waals surface area contributed by atoms with Crippen LogP contribution in [0.2, 0.25) is 0 Å². The van der Waals surface area contributed by atoms with E-state index in [1.54, 1.807) is 0 Å². The van der Waals surface area contributed by atoms with Crippen LogP contribution in [0.25, 0.3) is 21.8 Å². The number of benzene rings is 2. The van der Waals surface area contributed by atoms with Gasteiger partial charge in [0.15, 0.2) is 0 Å². The van der Waals surface area contributed by atoms with E-state index >= 15 is 0 Å². The average molecular weight is 381 g/mol. The summed E-state index contributed by atoms with van der Waals surface area (Å²) in [4.78, 5) is 8.49. The lowest BCUT2D eigenvalue weighted by Crippen LogP contribution is -2.09. The first kappa shape index (κ1) is 23.0. The summed E-state index contributed by atoms with van der Waals surface area (Å²) in [6, 6.07) is 18.1. The van der Waals surface area contributed by atoms with Gasteiger partial charge in [-0.2, -0.15) is 5.26 Å². The highest BCUT2D eigenvalue weighted by Crippen LogP contribution is 2.18. The highest BCUT2D eigenvalue weighted by molar-refractivity contribution is 5.83. The lowest BCUT2D eigenvalue weighted by molar-refractivity contribution is 0.404. The van der Waals surface area contributed by atoms with Gasteiger partial charge < -0.3 is 14.9 Å². The number of nitrogens with one attached hydrogen (secondary N) is 2. The topological polar surface area (TPSA) is 58.6 Å². The molecule has 0 fully saturated rings. The largest absolute Gasteiger partial charge is 0.361 e. The number of rotatable bonds is 2. The van der Waals surface area contributed by atoms with Crippen LogP contribution in [0, 0.1) is 11.3 Å². The Balaban J connectivity index is 0. The van der Waals surface area contributed by atoms with Crippen molar-refractivity contribution >= 4 is 21.8 Å². The molecule has 0 saturated heterocycles. The Bertz CT molecular complexity index is 997. The number of aromatic amines is 2. The van der Waals surface area contributed by atoms with E-state index < -0.39 is 0 Å². The van der Waals surface area contributed by atoms with Crippen molar-refractivity contribution in [3.8, 4) is 6.07 Å². The molecule has 0 amide bonds. The van der Waals surface area contributed by atoms with E-state index in [4.69, 9.17) is 5.26 Å². The molecule has 0 saturated carbocycles. The standard InChI is InChI=1S/C11H14N2.C9H6N2.2C2H6.2H2/c1-13(2)8-9-7-12-11-6-4-3-5-10(9)11;10-6-7-1-2-8-3-4-11-9(8)5-7;2*1-2;;/h3-7,12H,8H2,1-2H3;1-5,11H;2*1-2H3;2*1H. The highest BCUT2D eigenvalue weighted by atomic mass is 15.0. The second-order valence-corrected chi connectivity index (χ2v) is 5.99. The van der Waals surface area contributed by atoms with Crippen LogP contribution in [-0.2, 0) is 6.54 Å². The average Bonchev–Trinajstić information content (AvgIpc) is 3.38. The van der Waals surface area contributed by atoms with Crippen LogP contribution in [0.3, 0.4) is 0 Å². The molecule has 28 heavy (non-hydrogen) atoms. The summed E-state index contributed by atoms with van der Waals surface area (Å²) >= 11 is 0. The first-order valence-corrected chi connectivity index (χ1v) is 9.84. The van der Waals surface area contributed by atoms with Gasteiger partial charge in [0.1, 0.15) is 0 Å². The van der Waals surface area contributed by atoms with Crippen LogP contribution < -0.4 is 0 Å². The molecule has 152 valence electrons. The van der Waals surface area contributed by atoms with Crippen molar-refractivity contribution in [2.75, 3.05) is 14.1 Å². The third-order valence-corrected chi connectivity index (χ3v) is 3.85. The van der Waals surface area contributed by atoms with Gasteiger partial charge in [-0.05, 0) is 49.3 Å². The number of nitrogens with zero attached hydrogens (tertiary/aromatic N) is 2. The Labute approximate surface area is 171 Å². The quantitative estimate of drug-likeness (QED) is 0.401. The molecule has 4 aromatic rings. The van der Waals surface area contributed by atoms with E-state index in [2.05, 4.69) is 65.5 Å². The molecule has 4 nitrogen and oxygen atoms in total. The van der Waals surface area contributed by atoms with Crippen molar-refractivity contribution in [2.45, 2.75) is 34.2 Å². The predicted molar refractivity (Wildman–Crippen MR) is 126 cm³/mol. The summed E-state index contributed by atoms with van der Waals surface area (Å²) < 4.78 is 0. The Morgan fingerprint density at radius 3 is 2.32 bits per heavy atom. The maximum absolute atomic E-state index is 8.57. The van der Waals surface area contributed by atoms with Gasteiger partial charge in [0, 0.05) is 38.2 Å². The molecule has 0 aliphatic rings. The molecule has 2 aromatic heterocycles. The van der Waals surface area contributed by atoms with Crippen LogP contribution in [-0.4, -0.2) is 29.0 Å². The van der Waals surface area contributed by atoms with E-state index in [9.17, 15) is 0 Å². The second-order valence-electron chi connectivity index (χ2n) is 5.99. The summed E-state index contributed by atoms with van der Waals surface area (Å²) in [6.07, 6.45) is 3.95. The van der Waals surface area contributed by atoms with E-state index in [1.165, 1.54) is 16.5 Å². The molecule has 0 atom stereocenters. The SMILES string of the molecule is CC.CC.CN(C)Cc1c[nH]c2ccccc12.N#Cc1ccc2cc[nH]c2c1.[HH].[HH]. The van der Waals surface area contributed by atoms with Crippen molar-refractivity contribution in [3.63, 3.8) is 0 Å². The fraction of sp³-hybridized carbons (Fsp3) is 0.292. The normalized spacial score (nSPS) is 9.50. The second kappa shape index (κ2) is 12.4. The molecule has 2 heterocycles. The number of hydrogen-bond acceptors (Lipinski definition) is 2. The third kappa shape index (κ3) is 6.29. The van der Waals surface area contributed by atoms with Gasteiger partial charge in [-0.15, -0.1) is 0 Å². The number of nitriles is 1. The first-order valence-electron chi connectivity index (χ1n) is 9.84. The zero-order chi connectivity index (χ0) is 20.9. The monoisotopic (exact) mass is 380 g/mol. The van der Waals surface area contributed by atoms with Crippen LogP contribution >= 0.6 is 0 Å². The summed E-state index contributed by atoms with van der Waals surface area (Å²) in [5.41, 5.74) is 4.30. The molecule has 0 unspecified atom stereocenters. The lowest BCUT2D eigenvalue weighted by Gasteiger charge is -2.07. The van der Waals surface area contributed by atoms with Crippen LogP contribution in [0.4, 0.5) is 0 Å². The molecule has 0 bridgehead atoms. The summed E-state index contributed by atoms with van der Waals surface area (Å²) in [5.74, 6) is 0. The van der Waals surface area contributed by atoms with Crippen molar-refractivity contribution in [1.29, 1.82) is 5.26 Å². The van der Waals surface area contributed by atoms with E-state index in [-0.39, 0.29) is 2.85 Å². The molecule has 0 aliphatic heterocycles. The molecule has 4 heteroatoms. The van der Waals surface area contributed by atoms with Gasteiger partial charge in [-0.1, -0.05) is 52.0 Å². The fourth-order valence-electron chi connectivity index (χ4n) is 2.72. The van der Waals surface area contributed by atoms with Gasteiger partial charge in [-0.3, -0.25) is 0 Å². The third-order valence-electron chi connectivity index (χ3n) is 3.85. The Morgan fingerprint density at radius 2 is 1.64 bits per heavy atom. The minimum absolute atomic E-state index is 0. The van der Waals surface area contributed by atoms with Crippen molar-refractivity contribution in [3.05, 3.63) is 72.1 Å². The number of hydrogen-bond donors (Lipinski definition) is 2. The van der Waals surface area contributed by atoms with Gasteiger partial charge in [0.05, 0.1) is 11.6 Å². The predicted octanol–water partition coefficient (Wildman–Crippen LogP) is 6.81. The molecule has 4 rings (SSSR count). The summed E-state index contributed by atoms with van der Waals surface area (Å²) in [6.45, 7) is 8.99. The summed E-state index contributed by atoms with van der Waals surface area (Å²) in [5, 5.41) is 11.0. The molecule has 2 N–H and O–H groups in total. The molecular formula is C24H36N4. The zero-order valence-corrected chi connectivity index (χ0v) is 17.9. The van der Waals surface area contributed by atoms with Crippen molar-refractivity contribution < 1.29 is 2.85 Å². The van der Waals surface area contributed by atoms with Gasteiger partial charge in [0.2, 0.25) is 0 Å². The van der Waals surface area contributed by atoms with E-state index in [0.717, 1.165) is 17.4 Å². The molecule has 0 aliphatic carbocycles. The molecule has 0 radical (unpaired) electrons. The van der Waals surface area contributed by atoms with Crippen molar-refractivity contribution in [2.24, 2.45) is 0 Å². The smallest absolute Gasteiger partial charge is 0.0992 e. The van der Waals surface area contributed by atoms with Gasteiger partial charge in [0.25, 0.3) is 0 Å². The number of aromatic nitrogens is 2. The van der Waals surface area contributed by atoms with Crippen LogP contribution in [0.15, 0.2) is 60.9 Å². The minimum atomic E-state index is 0. The number of fused-ring (bicyclic) bond motifs is 2. The van der Waals surface area contributed by atoms with Gasteiger partial charge in [-0.25, -0.2) is 0 Å². The summed E-state index contributed by atoms with van der Waals surface area (Å²) in [7, 11) is 4.17. The first-order chi connectivity index (χ1) is 13.7. The van der Waals surface area contributed by atoms with Gasteiger partial charge >= 0.3 is 0 Å². The maximum atomic E-state index is 8.57. The lowest BCUT2D eigenvalue weighted by atomic mass is 10.2. The number of para-hydroxylation sites is 1. The molecule has 2 aromatic carbocycles. The number of H-pyrrole nitrogens is 2. The Kier molecular flexibility index (Phi) is 10.2. The Hall–Kier alpha value is -3.03. The maximum Gasteiger partial charge on any atom is 0.0992 e. The molecular weight excluding hydrogens is 344 g/mol. The van der Waals surface area contributed by atoms with E-state index in [0.29, 0.717) is 5.56 Å². The Morgan fingerprint density at radius 1 is 0.929 bits per heavy atom. The molecule has 0 spiro atoms.